The highest BCUT2D eigenvalue weighted by Crippen LogP contribution is 2.44. The number of ether oxygens (including phenoxy) is 3. The van der Waals surface area contributed by atoms with Crippen molar-refractivity contribution in [3.05, 3.63) is 34.5 Å². The summed E-state index contributed by atoms with van der Waals surface area (Å²) >= 11 is 0. The van der Waals surface area contributed by atoms with E-state index in [0.29, 0.717) is 0 Å². The quantitative estimate of drug-likeness (QED) is 0.202. The first-order valence-corrected chi connectivity index (χ1v) is 10.2. The summed E-state index contributed by atoms with van der Waals surface area (Å²) < 4.78 is 21.7. The highest BCUT2D eigenvalue weighted by Gasteiger charge is 2.48. The third-order valence-electron chi connectivity index (χ3n) is 5.54. The number of aromatic hydroxyl groups is 4. The van der Waals surface area contributed by atoms with Crippen molar-refractivity contribution in [2.45, 2.75) is 30.7 Å². The summed E-state index contributed by atoms with van der Waals surface area (Å²) in [5.74, 6) is -3.65. The normalized spacial score (nSPS) is 22.9. The Morgan fingerprint density at radius 1 is 0.971 bits per heavy atom. The first-order chi connectivity index (χ1) is 16.6. The molecule has 13 heteroatoms. The molecular formula is C22H22O13. The Morgan fingerprint density at radius 2 is 1.69 bits per heavy atom. The summed E-state index contributed by atoms with van der Waals surface area (Å²) in [5.41, 5.74) is -1.41. The first-order valence-electron chi connectivity index (χ1n) is 10.2. The van der Waals surface area contributed by atoms with Crippen LogP contribution < -0.4 is 14.9 Å². The fraction of sp³-hybridized carbons (Fsp3) is 0.318. The molecule has 5 atom stereocenters. The molecule has 1 aliphatic heterocycles. The van der Waals surface area contributed by atoms with Crippen LogP contribution >= 0.6 is 0 Å². The minimum Gasteiger partial charge on any atom is -0.507 e. The van der Waals surface area contributed by atoms with Gasteiger partial charge in [0.2, 0.25) is 23.2 Å². The number of phenolic OH excluding ortho intramolecular Hbond substituents is 4. The van der Waals surface area contributed by atoms with Crippen LogP contribution in [-0.4, -0.2) is 85.3 Å². The second-order valence-electron chi connectivity index (χ2n) is 7.76. The van der Waals surface area contributed by atoms with Gasteiger partial charge in [0, 0.05) is 11.6 Å². The topological polar surface area (TPSA) is 220 Å². The number of hydrogen-bond donors (Lipinski definition) is 8. The van der Waals surface area contributed by atoms with Gasteiger partial charge in [-0.3, -0.25) is 4.79 Å². The average Bonchev–Trinajstić information content (AvgIpc) is 3.10. The summed E-state index contributed by atoms with van der Waals surface area (Å²) in [6, 6.07) is 4.21. The smallest absolute Gasteiger partial charge is 0.239 e. The van der Waals surface area contributed by atoms with E-state index >= 15 is 0 Å². The van der Waals surface area contributed by atoms with Crippen LogP contribution in [0.4, 0.5) is 0 Å². The first kappa shape index (κ1) is 24.4. The molecule has 0 radical (unpaired) electrons. The molecule has 35 heavy (non-hydrogen) atoms. The van der Waals surface area contributed by atoms with E-state index in [-0.39, 0.29) is 16.9 Å². The Balaban J connectivity index is 1.94. The summed E-state index contributed by atoms with van der Waals surface area (Å²) in [4.78, 5) is 13.4. The summed E-state index contributed by atoms with van der Waals surface area (Å²) in [6.45, 7) is -0.797. The number of fused-ring (bicyclic) bond motifs is 1. The van der Waals surface area contributed by atoms with E-state index in [1.54, 1.807) is 0 Å². The minimum atomic E-state index is -1.78. The maximum Gasteiger partial charge on any atom is 0.239 e. The number of benzene rings is 2. The zero-order chi connectivity index (χ0) is 25.6. The van der Waals surface area contributed by atoms with E-state index in [0.717, 1.165) is 18.2 Å². The molecule has 3 aromatic rings. The average molecular weight is 494 g/mol. The molecule has 0 unspecified atom stereocenters. The zero-order valence-corrected chi connectivity index (χ0v) is 18.0. The molecule has 0 spiro atoms. The van der Waals surface area contributed by atoms with Gasteiger partial charge in [0.05, 0.1) is 13.7 Å². The van der Waals surface area contributed by atoms with Gasteiger partial charge >= 0.3 is 0 Å². The van der Waals surface area contributed by atoms with Crippen molar-refractivity contribution in [2.75, 3.05) is 13.7 Å². The zero-order valence-electron chi connectivity index (χ0n) is 18.0. The Kier molecular flexibility index (Phi) is 6.36. The van der Waals surface area contributed by atoms with Gasteiger partial charge in [0.25, 0.3) is 0 Å². The summed E-state index contributed by atoms with van der Waals surface area (Å²) in [5, 5.41) is 79.1. The monoisotopic (exact) mass is 494 g/mol. The van der Waals surface area contributed by atoms with Gasteiger partial charge in [-0.25, -0.2) is 0 Å². The van der Waals surface area contributed by atoms with Crippen LogP contribution in [0.1, 0.15) is 0 Å². The number of hydrogen-bond acceptors (Lipinski definition) is 13. The van der Waals surface area contributed by atoms with E-state index in [1.807, 2.05) is 0 Å². The van der Waals surface area contributed by atoms with Crippen LogP contribution in [0.3, 0.4) is 0 Å². The third-order valence-corrected chi connectivity index (χ3v) is 5.54. The van der Waals surface area contributed by atoms with Crippen molar-refractivity contribution < 1.29 is 59.5 Å². The lowest BCUT2D eigenvalue weighted by Gasteiger charge is -2.20. The lowest BCUT2D eigenvalue weighted by molar-refractivity contribution is -0.137. The van der Waals surface area contributed by atoms with Crippen LogP contribution in [0.2, 0.25) is 0 Å². The van der Waals surface area contributed by atoms with E-state index in [4.69, 9.17) is 23.7 Å². The maximum absolute atomic E-state index is 13.4. The molecule has 0 bridgehead atoms. The number of methoxy groups -OCH3 is 1. The van der Waals surface area contributed by atoms with Gasteiger partial charge in [0.15, 0.2) is 28.6 Å². The molecule has 1 aliphatic rings. The molecule has 188 valence electrons. The van der Waals surface area contributed by atoms with Crippen molar-refractivity contribution in [3.63, 3.8) is 0 Å². The van der Waals surface area contributed by atoms with Gasteiger partial charge in [-0.1, -0.05) is 0 Å². The molecule has 2 heterocycles. The molecule has 1 aromatic heterocycles. The van der Waals surface area contributed by atoms with Gasteiger partial charge in [-0.05, 0) is 18.2 Å². The van der Waals surface area contributed by atoms with E-state index in [9.17, 15) is 40.5 Å². The van der Waals surface area contributed by atoms with Crippen LogP contribution in [0.5, 0.6) is 34.5 Å². The molecular weight excluding hydrogens is 472 g/mol. The van der Waals surface area contributed by atoms with Crippen LogP contribution in [0.15, 0.2) is 33.5 Å². The molecule has 13 nitrogen and oxygen atoms in total. The Morgan fingerprint density at radius 3 is 2.31 bits per heavy atom. The molecule has 0 saturated carbocycles. The number of aliphatic hydroxyl groups excluding tert-OH is 4. The molecule has 1 saturated heterocycles. The number of phenols is 4. The fourth-order valence-corrected chi connectivity index (χ4v) is 3.76. The molecule has 0 aliphatic carbocycles. The maximum atomic E-state index is 13.4. The molecule has 2 aromatic carbocycles. The van der Waals surface area contributed by atoms with Crippen molar-refractivity contribution in [1.29, 1.82) is 0 Å². The Labute approximate surface area is 195 Å². The Hall–Kier alpha value is -3.75. The minimum absolute atomic E-state index is 0.0147. The van der Waals surface area contributed by atoms with Gasteiger partial charge in [0.1, 0.15) is 35.6 Å². The van der Waals surface area contributed by atoms with Crippen molar-refractivity contribution in [1.82, 2.24) is 0 Å². The molecule has 1 fully saturated rings. The van der Waals surface area contributed by atoms with E-state index < -0.39 is 82.6 Å². The third kappa shape index (κ3) is 4.05. The second kappa shape index (κ2) is 9.13. The predicted octanol–water partition coefficient (Wildman–Crippen LogP) is -0.530. The molecule has 4 rings (SSSR count). The summed E-state index contributed by atoms with van der Waals surface area (Å²) in [6.07, 6.45) is -8.24. The summed E-state index contributed by atoms with van der Waals surface area (Å²) in [7, 11) is 1.18. The SMILES string of the molecule is COc1c(O)cc(O)c2c(=O)c(O[C@@H]3O[C@H]([C@H](O)CO)[C@H](O)[C@H]3O)c(-c3ccc(O)c(O)c3)oc12. The predicted molar refractivity (Wildman–Crippen MR) is 116 cm³/mol. The van der Waals surface area contributed by atoms with E-state index in [2.05, 4.69) is 0 Å². The highest BCUT2D eigenvalue weighted by molar-refractivity contribution is 5.93. The standard InChI is InChI=1S/C22H22O13/c1-32-19-11(27)5-10(26)13-14(29)21(35-22-16(31)15(30)18(34-22)12(28)6-23)17(33-20(13)19)7-2-3-8(24)9(25)4-7/h2-5,12,15-16,18,22-28,30-31H,6H2,1H3/t12-,15-,16-,18-,22+/m1/s1. The van der Waals surface area contributed by atoms with Crippen LogP contribution in [-0.2, 0) is 4.74 Å². The van der Waals surface area contributed by atoms with Gasteiger partial charge < -0.3 is 59.5 Å². The van der Waals surface area contributed by atoms with Crippen molar-refractivity contribution in [2.24, 2.45) is 0 Å². The van der Waals surface area contributed by atoms with E-state index in [1.165, 1.54) is 13.2 Å². The lowest BCUT2D eigenvalue weighted by Crippen LogP contribution is -2.40. The fourth-order valence-electron chi connectivity index (χ4n) is 3.76. The molecule has 0 amide bonds. The van der Waals surface area contributed by atoms with Crippen LogP contribution in [0.25, 0.3) is 22.3 Å². The van der Waals surface area contributed by atoms with Gasteiger partial charge in [-0.15, -0.1) is 0 Å². The lowest BCUT2D eigenvalue weighted by atomic mass is 10.1. The van der Waals surface area contributed by atoms with Gasteiger partial charge in [-0.2, -0.15) is 0 Å². The molecule has 8 N–H and O–H groups in total. The number of aliphatic hydroxyl groups is 4. The second-order valence-corrected chi connectivity index (χ2v) is 7.76. The highest BCUT2D eigenvalue weighted by atomic mass is 16.7. The van der Waals surface area contributed by atoms with Crippen molar-refractivity contribution in [3.8, 4) is 45.8 Å². The largest absolute Gasteiger partial charge is 0.507 e. The Bertz CT molecular complexity index is 1320. The van der Waals surface area contributed by atoms with Crippen LogP contribution in [0, 0.1) is 0 Å². The van der Waals surface area contributed by atoms with Crippen molar-refractivity contribution >= 4 is 11.0 Å². The number of rotatable bonds is 6.